The van der Waals surface area contributed by atoms with Gasteiger partial charge in [0.25, 0.3) is 11.7 Å². The first-order valence-corrected chi connectivity index (χ1v) is 24.6. The summed E-state index contributed by atoms with van der Waals surface area (Å²) in [7, 11) is -0.158. The van der Waals surface area contributed by atoms with E-state index < -0.39 is 127 Å². The Hall–Kier alpha value is -3.41. The lowest BCUT2D eigenvalue weighted by Crippen LogP contribution is -2.61. The highest BCUT2D eigenvalue weighted by atomic mass is 16.6. The summed E-state index contributed by atoms with van der Waals surface area (Å²) in [5.74, 6) is -15.5. The number of aliphatic hydroxyl groups excluding tert-OH is 2. The number of rotatable bonds is 9. The van der Waals surface area contributed by atoms with E-state index in [0.717, 1.165) is 4.90 Å². The van der Waals surface area contributed by atoms with Crippen LogP contribution in [-0.2, 0) is 52.4 Å². The number of hydrogen-bond acceptors (Lipinski definition) is 14. The van der Waals surface area contributed by atoms with Gasteiger partial charge in [-0.1, -0.05) is 78.0 Å². The lowest BCUT2D eigenvalue weighted by Gasteiger charge is -2.42. The summed E-state index contributed by atoms with van der Waals surface area (Å²) in [6.07, 6.45) is 1.30. The van der Waals surface area contributed by atoms with Gasteiger partial charge >= 0.3 is 5.97 Å². The fourth-order valence-corrected chi connectivity index (χ4v) is 9.92. The van der Waals surface area contributed by atoms with Gasteiger partial charge < -0.3 is 48.6 Å². The Labute approximate surface area is 421 Å². The number of amides is 1. The largest absolute Gasteiger partial charge is 0.460 e. The minimum Gasteiger partial charge on any atom is -0.460 e. The minimum atomic E-state index is -3.08. The van der Waals surface area contributed by atoms with E-state index in [4.69, 9.17) is 35.3 Å². The Morgan fingerprint density at radius 2 is 1.68 bits per heavy atom. The first-order chi connectivity index (χ1) is 35.3. The van der Waals surface area contributed by atoms with Crippen molar-refractivity contribution in [3.8, 4) is 0 Å². The molecule has 0 aromatic carbocycles. The van der Waals surface area contributed by atoms with Crippen LogP contribution in [0.15, 0.2) is 47.6 Å². The van der Waals surface area contributed by atoms with Crippen LogP contribution in [-0.4, -0.2) is 145 Å². The van der Waals surface area contributed by atoms with Gasteiger partial charge in [-0.3, -0.25) is 19.2 Å². The maximum atomic E-state index is 14.6. The molecule has 1 aliphatic carbocycles. The predicted octanol–water partition coefficient (Wildman–Crippen LogP) is 6.44. The zero-order valence-corrected chi connectivity index (χ0v) is 42.4. The Bertz CT molecular complexity index is 2150. The molecule has 3 aliphatic heterocycles. The first kappa shape index (κ1) is 47.9. The molecule has 3 N–H and O–H groups in total. The van der Waals surface area contributed by atoms with Crippen molar-refractivity contribution in [2.24, 2.45) is 41.4 Å². The number of fused-ring (bicyclic) bond motifs is 3. The second kappa shape index (κ2) is 27.4. The molecule has 15 heteroatoms. The van der Waals surface area contributed by atoms with Gasteiger partial charge in [0.1, 0.15) is 30.1 Å². The minimum absolute atomic E-state index is 0.0353. The number of ether oxygens (including phenoxy) is 6. The molecule has 3 fully saturated rings. The molecule has 0 radical (unpaired) electrons. The molecule has 2 bridgehead atoms. The van der Waals surface area contributed by atoms with E-state index >= 15 is 0 Å². The van der Waals surface area contributed by atoms with Crippen LogP contribution in [0.4, 0.5) is 0 Å². The molecule has 0 spiro atoms. The molecule has 4 rings (SSSR count). The Morgan fingerprint density at radius 3 is 2.36 bits per heavy atom. The summed E-state index contributed by atoms with van der Waals surface area (Å²) in [6.45, 7) is 12.0. The number of allylic oxidation sites excluding steroid dienone is 6. The van der Waals surface area contributed by atoms with E-state index in [1.807, 2.05) is 6.92 Å². The van der Waals surface area contributed by atoms with Gasteiger partial charge in [-0.25, -0.2) is 4.79 Å². The number of carbonyl (C=O) groups excluding carboxylic acids is 5. The van der Waals surface area contributed by atoms with Crippen LogP contribution in [0.2, 0.25) is 0 Å². The molecule has 1 saturated carbocycles. The highest BCUT2D eigenvalue weighted by Crippen LogP contribution is 2.38. The van der Waals surface area contributed by atoms with Crippen LogP contribution in [0.25, 0.3) is 0 Å². The van der Waals surface area contributed by atoms with Gasteiger partial charge in [-0.2, -0.15) is 0 Å². The lowest BCUT2D eigenvalue weighted by atomic mass is 9.78. The van der Waals surface area contributed by atoms with Crippen LogP contribution in [0.1, 0.15) is 136 Å². The summed E-state index contributed by atoms with van der Waals surface area (Å²) in [4.78, 5) is 73.0. The van der Waals surface area contributed by atoms with E-state index in [-0.39, 0.29) is 62.7 Å². The number of ketones is 3. The number of Topliss-reactive ketones (excluding diaryl/α,β-unsaturated/α-hetero) is 3. The average molecular weight is 979 g/mol. The zero-order chi connectivity index (χ0) is 57.3. The Kier molecular flexibility index (Phi) is 19.0. The van der Waals surface area contributed by atoms with Crippen LogP contribution >= 0.6 is 0 Å². The fourth-order valence-electron chi connectivity index (χ4n) is 9.92. The van der Waals surface area contributed by atoms with E-state index in [9.17, 15) is 42.0 Å². The normalized spacial score (nSPS) is 43.2. The van der Waals surface area contributed by atoms with Crippen LogP contribution in [0, 0.1) is 41.4 Å². The third-order valence-corrected chi connectivity index (χ3v) is 14.8. The van der Waals surface area contributed by atoms with E-state index in [1.165, 1.54) is 78.2 Å². The molecule has 1 unspecified atom stereocenters. The zero-order valence-electron chi connectivity index (χ0n) is 49.4. The summed E-state index contributed by atoms with van der Waals surface area (Å²) >= 11 is 0. The number of hydrogen-bond donors (Lipinski definition) is 3. The van der Waals surface area contributed by atoms with Crippen molar-refractivity contribution in [3.05, 3.63) is 47.6 Å². The number of cyclic esters (lactones) is 1. The van der Waals surface area contributed by atoms with Gasteiger partial charge in [-0.15, -0.1) is 0 Å². The third kappa shape index (κ3) is 15.3. The quantitative estimate of drug-likeness (QED) is 0.129. The van der Waals surface area contributed by atoms with Crippen LogP contribution in [0.5, 0.6) is 0 Å². The van der Waals surface area contributed by atoms with E-state index in [1.54, 1.807) is 21.0 Å². The molecule has 69 heavy (non-hydrogen) atoms. The standard InChI is InChI=1S/C54H85NO14/c1-32-17-13-12-14-18-33(2)45(64-9)30-41-22-20-37(6)54(63,69-41)51(60)52(61)55-24-16-15-19-42(55)53(62)68-46(35(4)28-40-21-23-44(67-26-25-56)47(29-40)65-10)31-43(57)34(3)27-36(5)48(58)50(66-11)49(59)39(8)38(32)7/h12-14,17-18,27,32,34-35,37-42,44-48,50,56,58,63H,15-16,19-26,28-31H2,1-11H3/b14-12?,17-13+,33-18?,36-27+/t32-,34-,35-,37-,38?,39-,40+,41+,42+,44-,45+,46+,47-,48-,50-,54-/m1/s1/i9D3,20D2,32D,38D. The summed E-state index contributed by atoms with van der Waals surface area (Å²) in [5.41, 5.74) is 0.516. The molecule has 390 valence electrons. The topological polar surface area (TPSA) is 205 Å². The van der Waals surface area contributed by atoms with Crippen molar-refractivity contribution in [2.45, 2.75) is 181 Å². The number of methoxy groups -OCH3 is 3. The number of nitrogens with zero attached hydrogens (tertiary/aromatic N) is 1. The second-order valence-corrected chi connectivity index (χ2v) is 19.6. The maximum absolute atomic E-state index is 14.6. The van der Waals surface area contributed by atoms with Crippen molar-refractivity contribution in [1.29, 1.82) is 0 Å². The smallest absolute Gasteiger partial charge is 0.329 e. The van der Waals surface area contributed by atoms with Gasteiger partial charge in [0, 0.05) is 63.9 Å². The predicted molar refractivity (Wildman–Crippen MR) is 261 cm³/mol. The highest BCUT2D eigenvalue weighted by molar-refractivity contribution is 6.39. The van der Waals surface area contributed by atoms with Crippen molar-refractivity contribution >= 4 is 29.2 Å². The Morgan fingerprint density at radius 1 is 0.942 bits per heavy atom. The van der Waals surface area contributed by atoms with Gasteiger partial charge in [-0.05, 0) is 106 Å². The van der Waals surface area contributed by atoms with Gasteiger partial charge in [0.2, 0.25) is 5.79 Å². The Balaban J connectivity index is 1.82. The number of piperidine rings is 1. The van der Waals surface area contributed by atoms with E-state index in [2.05, 4.69) is 0 Å². The summed E-state index contributed by atoms with van der Waals surface area (Å²) in [5, 5.41) is 33.1. The molecule has 1 amide bonds. The van der Waals surface area contributed by atoms with Crippen LogP contribution < -0.4 is 0 Å². The van der Waals surface area contributed by atoms with Crippen molar-refractivity contribution in [3.63, 3.8) is 0 Å². The molecule has 0 aromatic rings. The first-order valence-electron chi connectivity index (χ1n) is 28.1. The highest BCUT2D eigenvalue weighted by Gasteiger charge is 2.53. The van der Waals surface area contributed by atoms with E-state index in [0.29, 0.717) is 44.1 Å². The number of carbonyl (C=O) groups is 5. The average Bonchev–Trinajstić information content (AvgIpc) is 3.35. The summed E-state index contributed by atoms with van der Waals surface area (Å²) in [6, 6.07) is -1.36. The summed E-state index contributed by atoms with van der Waals surface area (Å²) < 4.78 is 94.9. The second-order valence-electron chi connectivity index (χ2n) is 19.6. The third-order valence-electron chi connectivity index (χ3n) is 14.8. The van der Waals surface area contributed by atoms with Crippen molar-refractivity contribution in [1.82, 2.24) is 4.90 Å². The van der Waals surface area contributed by atoms with Crippen molar-refractivity contribution < 1.29 is 77.3 Å². The molecule has 2 saturated heterocycles. The monoisotopic (exact) mass is 979 g/mol. The molecule has 15 nitrogen and oxygen atoms in total. The SMILES string of the molecule is [2H]C([2H])([2H])O[C@H]1C[C@@H]2CC([2H])([2H])[C@@H](C)[C@@](O)(O2)C(=O)C(=O)N2CCCC[C@H]2C(=O)O[C@H]([C@H](C)C[C@@H]2CC[C@@H](OCCO)[C@H](OC)C2)CC(=O)[C@H](C)/C=C(\C)[C@@H](O)[C@@H](OC)C(=O)[C@H](C)C([2H])(C)[C@]([2H])(C)/C=C/C=CC=C1C. The molecule has 0 aromatic heterocycles. The van der Waals surface area contributed by atoms with Gasteiger partial charge in [0.15, 0.2) is 5.78 Å². The molecule has 3 heterocycles. The molecular weight excluding hydrogens is 887 g/mol. The lowest BCUT2D eigenvalue weighted by molar-refractivity contribution is -0.265. The van der Waals surface area contributed by atoms with Gasteiger partial charge in [0.05, 0.1) is 41.7 Å². The molecule has 4 aliphatic rings. The molecule has 16 atom stereocenters. The van der Waals surface area contributed by atoms with Crippen LogP contribution in [0.3, 0.4) is 0 Å². The fraction of sp³-hybridized carbons (Fsp3) is 0.759. The number of aliphatic hydroxyl groups is 3. The maximum Gasteiger partial charge on any atom is 0.329 e. The molecular formula is C54H85NO14. The number of esters is 1. The van der Waals surface area contributed by atoms with Crippen molar-refractivity contribution in [2.75, 3.05) is 41.0 Å².